The second-order valence-corrected chi connectivity index (χ2v) is 4.96. The number of carboxylic acid groups (broad SMARTS) is 1. The van der Waals surface area contributed by atoms with E-state index in [0.717, 1.165) is 16.3 Å². The zero-order valence-electron chi connectivity index (χ0n) is 8.88. The summed E-state index contributed by atoms with van der Waals surface area (Å²) in [5.41, 5.74) is 1.82. The lowest BCUT2D eigenvalue weighted by Crippen LogP contribution is -2.44. The highest BCUT2D eigenvalue weighted by molar-refractivity contribution is 7.10. The summed E-state index contributed by atoms with van der Waals surface area (Å²) in [5.74, 6) is -0.827. The van der Waals surface area contributed by atoms with Crippen LogP contribution in [-0.4, -0.2) is 27.1 Å². The van der Waals surface area contributed by atoms with E-state index < -0.39 is 12.0 Å². The summed E-state index contributed by atoms with van der Waals surface area (Å²) in [4.78, 5) is 19.5. The molecule has 1 aliphatic heterocycles. The highest BCUT2D eigenvalue weighted by Crippen LogP contribution is 2.30. The Kier molecular flexibility index (Phi) is 2.45. The summed E-state index contributed by atoms with van der Waals surface area (Å²) in [5, 5.41) is 14.2. The number of rotatable bonds is 2. The van der Waals surface area contributed by atoms with Crippen molar-refractivity contribution in [3.63, 3.8) is 0 Å². The fourth-order valence-electron chi connectivity index (χ4n) is 2.12. The number of hydrogen-bond acceptors (Lipinski definition) is 4. The molecular formula is C11H11N3O2S. The maximum Gasteiger partial charge on any atom is 0.321 e. The maximum atomic E-state index is 11.1. The molecule has 3 heterocycles. The standard InChI is InChI=1S/C11H11N3O2S/c15-11(16)7-4-6-9(13-5-12-6)10(14-7)8-2-1-3-17-8/h1-3,5,7,10,14H,4H2,(H,12,13)(H,15,16)/t7-,10-/m0/s1. The Balaban J connectivity index is 2.01. The van der Waals surface area contributed by atoms with Crippen molar-refractivity contribution in [2.75, 3.05) is 0 Å². The van der Waals surface area contributed by atoms with Gasteiger partial charge in [0, 0.05) is 17.0 Å². The fraction of sp³-hybridized carbons (Fsp3) is 0.273. The summed E-state index contributed by atoms with van der Waals surface area (Å²) in [6.07, 6.45) is 2.07. The quantitative estimate of drug-likeness (QED) is 0.746. The normalized spacial score (nSPS) is 23.3. The van der Waals surface area contributed by atoms with E-state index >= 15 is 0 Å². The number of H-pyrrole nitrogens is 1. The lowest BCUT2D eigenvalue weighted by molar-refractivity contribution is -0.139. The summed E-state index contributed by atoms with van der Waals surface area (Å²) >= 11 is 1.60. The van der Waals surface area contributed by atoms with Crippen molar-refractivity contribution in [1.29, 1.82) is 0 Å². The lowest BCUT2D eigenvalue weighted by Gasteiger charge is -2.27. The number of carboxylic acids is 1. The largest absolute Gasteiger partial charge is 0.480 e. The van der Waals surface area contributed by atoms with Crippen LogP contribution in [0.5, 0.6) is 0 Å². The van der Waals surface area contributed by atoms with Crippen LogP contribution < -0.4 is 5.32 Å². The number of hydrogen-bond donors (Lipinski definition) is 3. The number of aromatic nitrogens is 2. The third kappa shape index (κ3) is 1.75. The Morgan fingerprint density at radius 2 is 2.47 bits per heavy atom. The molecule has 0 unspecified atom stereocenters. The summed E-state index contributed by atoms with van der Waals surface area (Å²) in [7, 11) is 0. The monoisotopic (exact) mass is 249 g/mol. The van der Waals surface area contributed by atoms with E-state index in [9.17, 15) is 4.79 Å². The van der Waals surface area contributed by atoms with E-state index in [1.54, 1.807) is 17.7 Å². The van der Waals surface area contributed by atoms with Crippen molar-refractivity contribution in [2.24, 2.45) is 0 Å². The van der Waals surface area contributed by atoms with Crippen LogP contribution in [0.4, 0.5) is 0 Å². The zero-order valence-corrected chi connectivity index (χ0v) is 9.70. The molecule has 0 amide bonds. The van der Waals surface area contributed by atoms with Gasteiger partial charge in [-0.2, -0.15) is 0 Å². The predicted molar refractivity (Wildman–Crippen MR) is 63.0 cm³/mol. The van der Waals surface area contributed by atoms with Gasteiger partial charge >= 0.3 is 5.97 Å². The second kappa shape index (κ2) is 3.97. The number of aromatic amines is 1. The van der Waals surface area contributed by atoms with Gasteiger partial charge in [0.05, 0.1) is 18.1 Å². The maximum absolute atomic E-state index is 11.1. The van der Waals surface area contributed by atoms with Gasteiger partial charge in [0.15, 0.2) is 0 Å². The number of nitrogens with one attached hydrogen (secondary N) is 2. The molecule has 1 aliphatic rings. The van der Waals surface area contributed by atoms with Crippen molar-refractivity contribution >= 4 is 17.3 Å². The first-order valence-corrected chi connectivity index (χ1v) is 6.18. The number of nitrogens with zero attached hydrogens (tertiary/aromatic N) is 1. The molecule has 17 heavy (non-hydrogen) atoms. The third-order valence-corrected chi connectivity index (χ3v) is 3.86. The van der Waals surface area contributed by atoms with Gasteiger partial charge in [-0.05, 0) is 11.4 Å². The molecule has 0 aromatic carbocycles. The molecule has 0 radical (unpaired) electrons. The average Bonchev–Trinajstić information content (AvgIpc) is 2.98. The van der Waals surface area contributed by atoms with Gasteiger partial charge in [-0.15, -0.1) is 11.3 Å². The first-order chi connectivity index (χ1) is 8.25. The van der Waals surface area contributed by atoms with Gasteiger partial charge < -0.3 is 10.1 Å². The predicted octanol–water partition coefficient (Wildman–Crippen LogP) is 1.16. The highest BCUT2D eigenvalue weighted by atomic mass is 32.1. The summed E-state index contributed by atoms with van der Waals surface area (Å²) in [6.45, 7) is 0. The van der Waals surface area contributed by atoms with Crippen molar-refractivity contribution in [3.8, 4) is 0 Å². The van der Waals surface area contributed by atoms with E-state index in [2.05, 4.69) is 15.3 Å². The van der Waals surface area contributed by atoms with Gasteiger partial charge in [-0.1, -0.05) is 6.07 Å². The minimum absolute atomic E-state index is 0.119. The van der Waals surface area contributed by atoms with Crippen LogP contribution in [0.15, 0.2) is 23.8 Å². The Morgan fingerprint density at radius 3 is 3.18 bits per heavy atom. The molecule has 5 nitrogen and oxygen atoms in total. The average molecular weight is 249 g/mol. The lowest BCUT2D eigenvalue weighted by atomic mass is 9.98. The van der Waals surface area contributed by atoms with Crippen LogP contribution in [0.3, 0.4) is 0 Å². The molecular weight excluding hydrogens is 238 g/mol. The molecule has 3 rings (SSSR count). The van der Waals surface area contributed by atoms with Gasteiger partial charge in [-0.25, -0.2) is 4.98 Å². The van der Waals surface area contributed by atoms with Crippen LogP contribution in [0, 0.1) is 0 Å². The fourth-order valence-corrected chi connectivity index (χ4v) is 2.91. The van der Waals surface area contributed by atoms with E-state index in [1.165, 1.54) is 0 Å². The molecule has 2 atom stereocenters. The Morgan fingerprint density at radius 1 is 1.59 bits per heavy atom. The highest BCUT2D eigenvalue weighted by Gasteiger charge is 2.33. The molecule has 2 aromatic heterocycles. The first-order valence-electron chi connectivity index (χ1n) is 5.30. The van der Waals surface area contributed by atoms with E-state index in [0.29, 0.717) is 6.42 Å². The minimum Gasteiger partial charge on any atom is -0.480 e. The van der Waals surface area contributed by atoms with Gasteiger partial charge in [0.1, 0.15) is 6.04 Å². The first kappa shape index (κ1) is 10.5. The van der Waals surface area contributed by atoms with Gasteiger partial charge in [0.2, 0.25) is 0 Å². The van der Waals surface area contributed by atoms with Crippen LogP contribution in [0.2, 0.25) is 0 Å². The van der Waals surface area contributed by atoms with Crippen LogP contribution in [0.25, 0.3) is 0 Å². The minimum atomic E-state index is -0.827. The smallest absolute Gasteiger partial charge is 0.321 e. The van der Waals surface area contributed by atoms with E-state index in [4.69, 9.17) is 5.11 Å². The molecule has 0 saturated carbocycles. The number of thiophene rings is 1. The molecule has 3 N–H and O–H groups in total. The molecule has 0 saturated heterocycles. The zero-order chi connectivity index (χ0) is 11.8. The van der Waals surface area contributed by atoms with Crippen molar-refractivity contribution < 1.29 is 9.90 Å². The molecule has 2 aromatic rings. The van der Waals surface area contributed by atoms with Gasteiger partial charge in [-0.3, -0.25) is 10.1 Å². The van der Waals surface area contributed by atoms with Gasteiger partial charge in [0.25, 0.3) is 0 Å². The van der Waals surface area contributed by atoms with Crippen LogP contribution >= 0.6 is 11.3 Å². The third-order valence-electron chi connectivity index (χ3n) is 2.93. The molecule has 88 valence electrons. The van der Waals surface area contributed by atoms with Crippen LogP contribution in [-0.2, 0) is 11.2 Å². The van der Waals surface area contributed by atoms with E-state index in [-0.39, 0.29) is 6.04 Å². The van der Waals surface area contributed by atoms with Crippen molar-refractivity contribution in [1.82, 2.24) is 15.3 Å². The Labute approximate surface area is 102 Å². The Bertz CT molecular complexity index is 535. The summed E-state index contributed by atoms with van der Waals surface area (Å²) in [6, 6.07) is 3.27. The Hall–Kier alpha value is -1.66. The van der Waals surface area contributed by atoms with Crippen molar-refractivity contribution in [2.45, 2.75) is 18.5 Å². The molecule has 0 bridgehead atoms. The van der Waals surface area contributed by atoms with Crippen molar-refractivity contribution in [3.05, 3.63) is 40.1 Å². The number of imidazole rings is 1. The SMILES string of the molecule is O=C(O)[C@@H]1Cc2[nH]cnc2[C@H](c2cccs2)N1. The summed E-state index contributed by atoms with van der Waals surface area (Å²) < 4.78 is 0. The molecule has 0 aliphatic carbocycles. The number of carbonyl (C=O) groups is 1. The number of aliphatic carboxylic acids is 1. The van der Waals surface area contributed by atoms with Crippen LogP contribution in [0.1, 0.15) is 22.3 Å². The number of fused-ring (bicyclic) bond motifs is 1. The second-order valence-electron chi connectivity index (χ2n) is 3.98. The molecule has 6 heteroatoms. The topological polar surface area (TPSA) is 78.0 Å². The van der Waals surface area contributed by atoms with E-state index in [1.807, 2.05) is 17.5 Å². The molecule has 0 fully saturated rings. The molecule has 0 spiro atoms.